The molecule has 0 aliphatic heterocycles. The van der Waals surface area contributed by atoms with E-state index in [1.54, 1.807) is 13.3 Å². The van der Waals surface area contributed by atoms with Gasteiger partial charge in [-0.05, 0) is 42.5 Å². The Morgan fingerprint density at radius 1 is 1.00 bits per heavy atom. The van der Waals surface area contributed by atoms with Crippen LogP contribution < -0.4 is 9.30 Å². The number of hydrogen-bond donors (Lipinski definition) is 0. The van der Waals surface area contributed by atoms with Gasteiger partial charge in [-0.25, -0.2) is 4.98 Å². The van der Waals surface area contributed by atoms with Crippen molar-refractivity contribution in [3.05, 3.63) is 89.8 Å². The maximum atomic E-state index is 5.97. The Kier molecular flexibility index (Phi) is 4.90. The van der Waals surface area contributed by atoms with Crippen LogP contribution in [0.3, 0.4) is 0 Å². The van der Waals surface area contributed by atoms with E-state index in [4.69, 9.17) is 20.8 Å². The molecule has 2 aromatic carbocycles. The van der Waals surface area contributed by atoms with Crippen molar-refractivity contribution in [3.8, 4) is 28.5 Å². The third-order valence-corrected chi connectivity index (χ3v) is 4.52. The molecule has 2 heterocycles. The first-order valence-corrected chi connectivity index (χ1v) is 8.93. The van der Waals surface area contributed by atoms with Gasteiger partial charge < -0.3 is 9.15 Å². The van der Waals surface area contributed by atoms with Crippen molar-refractivity contribution in [2.75, 3.05) is 7.11 Å². The molecule has 134 valence electrons. The molecule has 5 heteroatoms. The van der Waals surface area contributed by atoms with E-state index in [1.165, 1.54) is 5.56 Å². The molecule has 0 bridgehead atoms. The summed E-state index contributed by atoms with van der Waals surface area (Å²) in [5, 5.41) is 0.739. The van der Waals surface area contributed by atoms with Crippen molar-refractivity contribution >= 4 is 11.6 Å². The molecule has 0 fully saturated rings. The maximum Gasteiger partial charge on any atom is 0.232 e. The first kappa shape index (κ1) is 17.3. The van der Waals surface area contributed by atoms with Crippen molar-refractivity contribution in [1.82, 2.24) is 4.98 Å². The van der Waals surface area contributed by atoms with Gasteiger partial charge in [0.05, 0.1) is 13.3 Å². The van der Waals surface area contributed by atoms with Crippen molar-refractivity contribution in [3.63, 3.8) is 0 Å². The predicted molar refractivity (Wildman–Crippen MR) is 105 cm³/mol. The average Bonchev–Trinajstić information content (AvgIpc) is 3.20. The maximum absolute atomic E-state index is 5.97. The molecule has 0 aliphatic carbocycles. The fourth-order valence-corrected chi connectivity index (χ4v) is 2.97. The summed E-state index contributed by atoms with van der Waals surface area (Å²) in [6, 6.07) is 19.5. The Labute approximate surface area is 162 Å². The van der Waals surface area contributed by atoms with Gasteiger partial charge in [-0.15, -0.1) is 0 Å². The van der Waals surface area contributed by atoms with Crippen molar-refractivity contribution in [2.24, 2.45) is 0 Å². The van der Waals surface area contributed by atoms with E-state index in [1.807, 2.05) is 73.1 Å². The molecule has 27 heavy (non-hydrogen) atoms. The first-order valence-electron chi connectivity index (χ1n) is 8.55. The lowest BCUT2D eigenvalue weighted by atomic mass is 10.2. The SMILES string of the molecule is COc1ccc(-c2cnc(-c3ccc[n+](Cc4ccc(Cl)cc4)c3)o2)cc1. The minimum Gasteiger partial charge on any atom is -0.497 e. The number of oxazole rings is 1. The van der Waals surface area contributed by atoms with Gasteiger partial charge in [0.15, 0.2) is 24.7 Å². The van der Waals surface area contributed by atoms with Crippen molar-refractivity contribution in [2.45, 2.75) is 6.54 Å². The third-order valence-electron chi connectivity index (χ3n) is 4.26. The largest absolute Gasteiger partial charge is 0.497 e. The quantitative estimate of drug-likeness (QED) is 0.459. The standard InChI is InChI=1S/C22H18ClN2O2/c1-26-20-10-6-17(7-11-20)21-13-24-22(27-21)18-3-2-12-25(15-18)14-16-4-8-19(23)9-5-16/h2-13,15H,14H2,1H3/q+1. The average molecular weight is 378 g/mol. The highest BCUT2D eigenvalue weighted by Crippen LogP contribution is 2.26. The Balaban J connectivity index is 1.56. The lowest BCUT2D eigenvalue weighted by molar-refractivity contribution is -0.687. The zero-order chi connectivity index (χ0) is 18.6. The van der Waals surface area contributed by atoms with Gasteiger partial charge in [-0.1, -0.05) is 23.7 Å². The van der Waals surface area contributed by atoms with Gasteiger partial charge in [-0.2, -0.15) is 4.57 Å². The number of aromatic nitrogens is 2. The molecule has 0 amide bonds. The smallest absolute Gasteiger partial charge is 0.232 e. The monoisotopic (exact) mass is 377 g/mol. The highest BCUT2D eigenvalue weighted by molar-refractivity contribution is 6.30. The predicted octanol–water partition coefficient (Wildman–Crippen LogP) is 5.01. The summed E-state index contributed by atoms with van der Waals surface area (Å²) < 4.78 is 13.3. The minimum absolute atomic E-state index is 0.589. The molecule has 0 atom stereocenters. The molecule has 0 saturated carbocycles. The Morgan fingerprint density at radius 3 is 2.52 bits per heavy atom. The van der Waals surface area contributed by atoms with Crippen molar-refractivity contribution in [1.29, 1.82) is 0 Å². The van der Waals surface area contributed by atoms with Crippen LogP contribution >= 0.6 is 11.6 Å². The Morgan fingerprint density at radius 2 is 1.78 bits per heavy atom. The molecule has 0 radical (unpaired) electrons. The minimum atomic E-state index is 0.589. The van der Waals surface area contributed by atoms with Gasteiger partial charge in [0.2, 0.25) is 5.89 Å². The van der Waals surface area contributed by atoms with E-state index < -0.39 is 0 Å². The Hall–Kier alpha value is -3.11. The summed E-state index contributed by atoms with van der Waals surface area (Å²) >= 11 is 5.96. The van der Waals surface area contributed by atoms with E-state index >= 15 is 0 Å². The summed E-state index contributed by atoms with van der Waals surface area (Å²) in [6.07, 6.45) is 5.79. The van der Waals surface area contributed by atoms with Crippen LogP contribution in [0.2, 0.25) is 5.02 Å². The topological polar surface area (TPSA) is 39.1 Å². The molecule has 0 aliphatic rings. The highest BCUT2D eigenvalue weighted by atomic mass is 35.5. The zero-order valence-electron chi connectivity index (χ0n) is 14.8. The molecular weight excluding hydrogens is 360 g/mol. The molecule has 0 unspecified atom stereocenters. The summed E-state index contributed by atoms with van der Waals surface area (Å²) in [7, 11) is 1.65. The van der Waals surface area contributed by atoms with Crippen LogP contribution in [0.1, 0.15) is 5.56 Å². The molecule has 4 nitrogen and oxygen atoms in total. The number of hydrogen-bond acceptors (Lipinski definition) is 3. The normalized spacial score (nSPS) is 10.7. The van der Waals surface area contributed by atoms with Gasteiger partial charge in [0.1, 0.15) is 11.3 Å². The Bertz CT molecular complexity index is 1040. The van der Waals surface area contributed by atoms with Crippen LogP contribution in [-0.4, -0.2) is 12.1 Å². The van der Waals surface area contributed by atoms with Crippen LogP contribution in [0.15, 0.2) is 83.7 Å². The number of methoxy groups -OCH3 is 1. The van der Waals surface area contributed by atoms with Crippen LogP contribution in [0.5, 0.6) is 5.75 Å². The highest BCUT2D eigenvalue weighted by Gasteiger charge is 2.12. The number of pyridine rings is 1. The van der Waals surface area contributed by atoms with Crippen LogP contribution in [0.4, 0.5) is 0 Å². The van der Waals surface area contributed by atoms with Crippen molar-refractivity contribution < 1.29 is 13.7 Å². The zero-order valence-corrected chi connectivity index (χ0v) is 15.6. The summed E-state index contributed by atoms with van der Waals surface area (Å²) in [5.41, 5.74) is 3.05. The number of benzene rings is 2. The van der Waals surface area contributed by atoms with Gasteiger partial charge >= 0.3 is 0 Å². The van der Waals surface area contributed by atoms with E-state index in [0.29, 0.717) is 5.89 Å². The molecule has 0 N–H and O–H groups in total. The third kappa shape index (κ3) is 4.01. The van der Waals surface area contributed by atoms with E-state index in [2.05, 4.69) is 9.55 Å². The van der Waals surface area contributed by atoms with Gasteiger partial charge in [0, 0.05) is 22.2 Å². The molecule has 4 aromatic rings. The summed E-state index contributed by atoms with van der Waals surface area (Å²) in [6.45, 7) is 0.747. The second-order valence-corrected chi connectivity index (χ2v) is 6.59. The summed E-state index contributed by atoms with van der Waals surface area (Å²) in [5.74, 6) is 2.12. The molecular formula is C22H18ClN2O2+. The molecule has 2 aromatic heterocycles. The van der Waals surface area contributed by atoms with Gasteiger partial charge in [0.25, 0.3) is 0 Å². The second-order valence-electron chi connectivity index (χ2n) is 6.15. The van der Waals surface area contributed by atoms with Gasteiger partial charge in [-0.3, -0.25) is 0 Å². The first-order chi connectivity index (χ1) is 13.2. The fourth-order valence-electron chi connectivity index (χ4n) is 2.84. The summed E-state index contributed by atoms with van der Waals surface area (Å²) in [4.78, 5) is 4.44. The van der Waals surface area contributed by atoms with Crippen LogP contribution in [0.25, 0.3) is 22.8 Å². The fraction of sp³-hybridized carbons (Fsp3) is 0.0909. The van der Waals surface area contributed by atoms with E-state index in [9.17, 15) is 0 Å². The lowest BCUT2D eigenvalue weighted by Crippen LogP contribution is -2.33. The number of ether oxygens (including phenoxy) is 1. The number of halogens is 1. The van der Waals surface area contributed by atoms with E-state index in [-0.39, 0.29) is 0 Å². The number of nitrogens with zero attached hydrogens (tertiary/aromatic N) is 2. The van der Waals surface area contributed by atoms with Crippen LogP contribution in [0, 0.1) is 0 Å². The molecule has 0 saturated heterocycles. The second kappa shape index (κ2) is 7.64. The molecule has 4 rings (SSSR count). The number of rotatable bonds is 5. The van der Waals surface area contributed by atoms with E-state index in [0.717, 1.165) is 34.2 Å². The molecule has 0 spiro atoms. The van der Waals surface area contributed by atoms with Crippen LogP contribution in [-0.2, 0) is 6.54 Å². The lowest BCUT2D eigenvalue weighted by Gasteiger charge is -2.01.